The van der Waals surface area contributed by atoms with E-state index in [-0.39, 0.29) is 17.4 Å². The first kappa shape index (κ1) is 20.4. The standard InChI is InChI=1S/C21H21N3O4S2/c1-12-5-7-16(9-13(12)2)30(26,27)23-21-22-20(14(3)29-21)15-6-8-18-17(10-15)24(4)19(25)11-28-18/h5-10H,11H2,1-4H3,(H,22,23). The highest BCUT2D eigenvalue weighted by Crippen LogP contribution is 2.38. The lowest BCUT2D eigenvalue weighted by Gasteiger charge is -2.26. The third-order valence-electron chi connectivity index (χ3n) is 5.13. The highest BCUT2D eigenvalue weighted by molar-refractivity contribution is 7.93. The average Bonchev–Trinajstić information content (AvgIpc) is 3.06. The first-order chi connectivity index (χ1) is 14.2. The van der Waals surface area contributed by atoms with Gasteiger partial charge in [0.25, 0.3) is 15.9 Å². The molecule has 3 aromatic rings. The average molecular weight is 444 g/mol. The zero-order valence-corrected chi connectivity index (χ0v) is 18.6. The molecule has 1 aliphatic heterocycles. The van der Waals surface area contributed by atoms with Crippen molar-refractivity contribution in [2.45, 2.75) is 25.7 Å². The Labute approximate surface area is 179 Å². The molecule has 0 unspecified atom stereocenters. The Bertz CT molecular complexity index is 1270. The molecular weight excluding hydrogens is 422 g/mol. The number of nitrogens with zero attached hydrogens (tertiary/aromatic N) is 2. The van der Waals surface area contributed by atoms with Gasteiger partial charge in [0.05, 0.1) is 16.3 Å². The highest BCUT2D eigenvalue weighted by Gasteiger charge is 2.24. The van der Waals surface area contributed by atoms with Gasteiger partial charge >= 0.3 is 0 Å². The normalized spacial score (nSPS) is 13.7. The van der Waals surface area contributed by atoms with Gasteiger partial charge in [0.15, 0.2) is 11.7 Å². The maximum Gasteiger partial charge on any atom is 0.264 e. The van der Waals surface area contributed by atoms with Crippen molar-refractivity contribution in [1.29, 1.82) is 0 Å². The van der Waals surface area contributed by atoms with E-state index >= 15 is 0 Å². The third kappa shape index (κ3) is 3.66. The van der Waals surface area contributed by atoms with Crippen LogP contribution in [-0.4, -0.2) is 33.0 Å². The van der Waals surface area contributed by atoms with Gasteiger partial charge in [-0.25, -0.2) is 13.4 Å². The van der Waals surface area contributed by atoms with Gasteiger partial charge in [-0.15, -0.1) is 11.3 Å². The molecule has 1 aromatic heterocycles. The molecule has 0 atom stereocenters. The van der Waals surface area contributed by atoms with Crippen LogP contribution in [0.4, 0.5) is 10.8 Å². The summed E-state index contributed by atoms with van der Waals surface area (Å²) in [5, 5.41) is 0.291. The van der Waals surface area contributed by atoms with E-state index in [1.54, 1.807) is 36.2 Å². The second-order valence-electron chi connectivity index (χ2n) is 7.20. The van der Waals surface area contributed by atoms with E-state index in [2.05, 4.69) is 9.71 Å². The number of aromatic nitrogens is 1. The smallest absolute Gasteiger partial charge is 0.264 e. The molecule has 0 saturated carbocycles. The highest BCUT2D eigenvalue weighted by atomic mass is 32.2. The van der Waals surface area contributed by atoms with Crippen LogP contribution in [-0.2, 0) is 14.8 Å². The van der Waals surface area contributed by atoms with Crippen LogP contribution in [0.25, 0.3) is 11.3 Å². The summed E-state index contributed by atoms with van der Waals surface area (Å²) in [5.74, 6) is 0.501. The minimum atomic E-state index is -3.74. The predicted octanol–water partition coefficient (Wildman–Crippen LogP) is 3.89. The fourth-order valence-corrected chi connectivity index (χ4v) is 5.34. The summed E-state index contributed by atoms with van der Waals surface area (Å²) in [5.41, 5.74) is 4.04. The van der Waals surface area contributed by atoms with E-state index < -0.39 is 10.0 Å². The molecule has 7 nitrogen and oxygen atoms in total. The number of rotatable bonds is 4. The summed E-state index contributed by atoms with van der Waals surface area (Å²) in [7, 11) is -2.04. The Morgan fingerprint density at radius 2 is 1.87 bits per heavy atom. The monoisotopic (exact) mass is 443 g/mol. The van der Waals surface area contributed by atoms with Gasteiger partial charge in [0.2, 0.25) is 0 Å². The minimum absolute atomic E-state index is 0.0169. The van der Waals surface area contributed by atoms with E-state index in [0.717, 1.165) is 21.6 Å². The Morgan fingerprint density at radius 3 is 2.60 bits per heavy atom. The van der Waals surface area contributed by atoms with Gasteiger partial charge in [0, 0.05) is 17.5 Å². The largest absolute Gasteiger partial charge is 0.482 e. The van der Waals surface area contributed by atoms with Gasteiger partial charge in [-0.05, 0) is 62.2 Å². The van der Waals surface area contributed by atoms with Gasteiger partial charge < -0.3 is 9.64 Å². The van der Waals surface area contributed by atoms with Crippen LogP contribution in [0.15, 0.2) is 41.3 Å². The van der Waals surface area contributed by atoms with Crippen LogP contribution in [0.3, 0.4) is 0 Å². The molecule has 30 heavy (non-hydrogen) atoms. The second kappa shape index (κ2) is 7.41. The quantitative estimate of drug-likeness (QED) is 0.661. The number of carbonyl (C=O) groups excluding carboxylic acids is 1. The molecule has 2 heterocycles. The van der Waals surface area contributed by atoms with Crippen LogP contribution >= 0.6 is 11.3 Å². The third-order valence-corrected chi connectivity index (χ3v) is 7.48. The molecule has 0 fully saturated rings. The van der Waals surface area contributed by atoms with E-state index in [1.807, 2.05) is 32.9 Å². The topological polar surface area (TPSA) is 88.6 Å². The molecule has 0 bridgehead atoms. The Hall–Kier alpha value is -2.91. The Kier molecular flexibility index (Phi) is 5.03. The van der Waals surface area contributed by atoms with Crippen molar-refractivity contribution < 1.29 is 17.9 Å². The van der Waals surface area contributed by atoms with Gasteiger partial charge in [-0.1, -0.05) is 6.07 Å². The lowest BCUT2D eigenvalue weighted by molar-refractivity contribution is -0.120. The van der Waals surface area contributed by atoms with Gasteiger partial charge in [-0.2, -0.15) is 0 Å². The molecule has 0 aliphatic carbocycles. The summed E-state index contributed by atoms with van der Waals surface area (Å²) in [6, 6.07) is 10.5. The van der Waals surface area contributed by atoms with Crippen molar-refractivity contribution in [3.05, 3.63) is 52.4 Å². The van der Waals surface area contributed by atoms with Crippen LogP contribution < -0.4 is 14.4 Å². The first-order valence-corrected chi connectivity index (χ1v) is 11.6. The molecule has 4 rings (SSSR count). The van der Waals surface area contributed by atoms with Crippen molar-refractivity contribution in [1.82, 2.24) is 4.98 Å². The first-order valence-electron chi connectivity index (χ1n) is 9.27. The number of carbonyl (C=O) groups is 1. The molecule has 1 N–H and O–H groups in total. The number of thiazole rings is 1. The fourth-order valence-electron chi connectivity index (χ4n) is 3.18. The Morgan fingerprint density at radius 1 is 1.10 bits per heavy atom. The summed E-state index contributed by atoms with van der Waals surface area (Å²) >= 11 is 1.26. The lowest BCUT2D eigenvalue weighted by Crippen LogP contribution is -2.35. The van der Waals surface area contributed by atoms with Gasteiger partial charge in [-0.3, -0.25) is 9.52 Å². The molecule has 1 aliphatic rings. The summed E-state index contributed by atoms with van der Waals surface area (Å²) < 4.78 is 33.6. The van der Waals surface area contributed by atoms with Gasteiger partial charge in [0.1, 0.15) is 5.75 Å². The molecule has 9 heteroatoms. The molecule has 1 amide bonds. The van der Waals surface area contributed by atoms with Crippen molar-refractivity contribution in [3.8, 4) is 17.0 Å². The van der Waals surface area contributed by atoms with Crippen molar-refractivity contribution in [3.63, 3.8) is 0 Å². The fraction of sp³-hybridized carbons (Fsp3) is 0.238. The van der Waals surface area contributed by atoms with Crippen LogP contribution in [0.1, 0.15) is 16.0 Å². The Balaban J connectivity index is 1.66. The lowest BCUT2D eigenvalue weighted by atomic mass is 10.1. The number of anilines is 2. The number of sulfonamides is 1. The number of fused-ring (bicyclic) bond motifs is 1. The van der Waals surface area contributed by atoms with Crippen molar-refractivity contribution >= 4 is 38.1 Å². The van der Waals surface area contributed by atoms with Crippen LogP contribution in [0.2, 0.25) is 0 Å². The molecule has 2 aromatic carbocycles. The zero-order chi connectivity index (χ0) is 21.6. The number of amides is 1. The molecule has 0 radical (unpaired) electrons. The predicted molar refractivity (Wildman–Crippen MR) is 118 cm³/mol. The molecule has 0 saturated heterocycles. The van der Waals surface area contributed by atoms with Crippen LogP contribution in [0, 0.1) is 20.8 Å². The molecule has 156 valence electrons. The number of likely N-dealkylation sites (N-methyl/N-ethyl adjacent to an activating group) is 1. The van der Waals surface area contributed by atoms with Crippen molar-refractivity contribution in [2.75, 3.05) is 23.3 Å². The summed E-state index contributed by atoms with van der Waals surface area (Å²) in [4.78, 5) is 19.0. The zero-order valence-electron chi connectivity index (χ0n) is 17.0. The number of hydrogen-bond donors (Lipinski definition) is 1. The maximum absolute atomic E-state index is 12.8. The van der Waals surface area contributed by atoms with Crippen molar-refractivity contribution in [2.24, 2.45) is 0 Å². The maximum atomic E-state index is 12.8. The number of nitrogens with one attached hydrogen (secondary N) is 1. The molecular formula is C21H21N3O4S2. The van der Waals surface area contributed by atoms with E-state index in [1.165, 1.54) is 11.3 Å². The van der Waals surface area contributed by atoms with E-state index in [4.69, 9.17) is 4.74 Å². The number of benzene rings is 2. The minimum Gasteiger partial charge on any atom is -0.482 e. The second-order valence-corrected chi connectivity index (χ2v) is 10.1. The number of ether oxygens (including phenoxy) is 1. The summed E-state index contributed by atoms with van der Waals surface area (Å²) in [6.07, 6.45) is 0. The van der Waals surface area contributed by atoms with E-state index in [9.17, 15) is 13.2 Å². The number of hydrogen-bond acceptors (Lipinski definition) is 6. The van der Waals surface area contributed by atoms with Crippen LogP contribution in [0.5, 0.6) is 5.75 Å². The molecule has 0 spiro atoms. The van der Waals surface area contributed by atoms with E-state index in [0.29, 0.717) is 22.3 Å². The number of aryl methyl sites for hydroxylation is 3. The SMILES string of the molecule is Cc1ccc(S(=O)(=O)Nc2nc(-c3ccc4c(c3)N(C)C(=O)CO4)c(C)s2)cc1C. The summed E-state index contributed by atoms with van der Waals surface area (Å²) in [6.45, 7) is 5.71.